The lowest BCUT2D eigenvalue weighted by Gasteiger charge is -2.27. The van der Waals surface area contributed by atoms with E-state index in [0.717, 1.165) is 35.2 Å². The molecule has 0 unspecified atom stereocenters. The Bertz CT molecular complexity index is 1320. The zero-order chi connectivity index (χ0) is 23.7. The lowest BCUT2D eigenvalue weighted by atomic mass is 10.1. The van der Waals surface area contributed by atoms with Gasteiger partial charge in [0.15, 0.2) is 16.5 Å². The van der Waals surface area contributed by atoms with Crippen LogP contribution in [-0.4, -0.2) is 43.8 Å². The van der Waals surface area contributed by atoms with Crippen molar-refractivity contribution in [3.8, 4) is 28.8 Å². The van der Waals surface area contributed by atoms with Crippen molar-refractivity contribution in [1.29, 1.82) is 0 Å². The van der Waals surface area contributed by atoms with Crippen LogP contribution in [0, 0.1) is 29.9 Å². The van der Waals surface area contributed by atoms with E-state index in [1.54, 1.807) is 0 Å². The monoisotopic (exact) mass is 474 g/mol. The number of halogens is 3. The minimum Gasteiger partial charge on any atom is -0.502 e. The molecule has 7 nitrogen and oxygen atoms in total. The molecule has 0 spiro atoms. The lowest BCUT2D eigenvalue weighted by Crippen LogP contribution is -2.37. The van der Waals surface area contributed by atoms with Crippen LogP contribution in [0.5, 0.6) is 5.75 Å². The molecule has 11 heteroatoms. The molecule has 4 rings (SSSR count). The Morgan fingerprint density at radius 1 is 1.15 bits per heavy atom. The highest BCUT2D eigenvalue weighted by Gasteiger charge is 2.27. The predicted molar refractivity (Wildman–Crippen MR) is 114 cm³/mol. The summed E-state index contributed by atoms with van der Waals surface area (Å²) in [5.41, 5.74) is -1.70. The molecule has 0 bridgehead atoms. The molecule has 3 aromatic rings. The number of carbonyl (C=O) groups excluding carboxylic acids is 1. The number of piperidine rings is 1. The number of hydrogen-bond acceptors (Lipinski definition) is 6. The third-order valence-electron chi connectivity index (χ3n) is 5.30. The molecular formula is C22H17F3N4O3S. The standard InChI is InChI=1S/C22H17F3N4O3S/c1-2-28-11-14(19(30)20(31)18(28)22(32)29-6-4-3-5-7-29)21-27-26-17(33-21)10-13-15(24)8-12(23)9-16(13)25/h1,8-9,11,31H,3-7,10H2. The summed E-state index contributed by atoms with van der Waals surface area (Å²) in [5.74, 6) is -4.55. The molecule has 0 saturated carbocycles. The number of aromatic hydroxyl groups is 1. The fourth-order valence-electron chi connectivity index (χ4n) is 3.63. The van der Waals surface area contributed by atoms with Gasteiger partial charge < -0.3 is 10.0 Å². The Labute approximate surface area is 190 Å². The zero-order valence-corrected chi connectivity index (χ0v) is 18.0. The summed E-state index contributed by atoms with van der Waals surface area (Å²) in [4.78, 5) is 27.2. The minimum atomic E-state index is -1.07. The van der Waals surface area contributed by atoms with Crippen molar-refractivity contribution in [2.24, 2.45) is 0 Å². The molecule has 0 radical (unpaired) electrons. The van der Waals surface area contributed by atoms with Gasteiger partial charge in [-0.15, -0.1) is 10.2 Å². The van der Waals surface area contributed by atoms with Gasteiger partial charge in [0.25, 0.3) is 5.91 Å². The van der Waals surface area contributed by atoms with Crippen molar-refractivity contribution >= 4 is 17.2 Å². The number of rotatable bonds is 4. The van der Waals surface area contributed by atoms with Crippen LogP contribution in [0.3, 0.4) is 0 Å². The van der Waals surface area contributed by atoms with Gasteiger partial charge in [0.2, 0.25) is 5.43 Å². The highest BCUT2D eigenvalue weighted by molar-refractivity contribution is 7.14. The van der Waals surface area contributed by atoms with Gasteiger partial charge >= 0.3 is 0 Å². The first-order chi connectivity index (χ1) is 15.8. The second-order valence-corrected chi connectivity index (χ2v) is 8.51. The van der Waals surface area contributed by atoms with Gasteiger partial charge in [0, 0.05) is 49.4 Å². The van der Waals surface area contributed by atoms with Gasteiger partial charge in [-0.3, -0.25) is 14.2 Å². The van der Waals surface area contributed by atoms with E-state index in [1.165, 1.54) is 11.1 Å². The summed E-state index contributed by atoms with van der Waals surface area (Å²) in [6.07, 6.45) is 9.01. The molecule has 33 heavy (non-hydrogen) atoms. The normalized spacial score (nSPS) is 13.7. The van der Waals surface area contributed by atoms with Crippen molar-refractivity contribution in [2.75, 3.05) is 13.1 Å². The maximum absolute atomic E-state index is 13.9. The molecular weight excluding hydrogens is 457 g/mol. The van der Waals surface area contributed by atoms with E-state index >= 15 is 0 Å². The number of pyridine rings is 1. The topological polar surface area (TPSA) is 88.3 Å². The van der Waals surface area contributed by atoms with Crippen LogP contribution in [0.4, 0.5) is 13.2 Å². The van der Waals surface area contributed by atoms with E-state index in [-0.39, 0.29) is 27.7 Å². The molecule has 3 heterocycles. The van der Waals surface area contributed by atoms with Crippen molar-refractivity contribution in [3.63, 3.8) is 0 Å². The van der Waals surface area contributed by atoms with E-state index in [9.17, 15) is 27.9 Å². The van der Waals surface area contributed by atoms with Gasteiger partial charge in [-0.1, -0.05) is 17.8 Å². The van der Waals surface area contributed by atoms with Crippen LogP contribution < -0.4 is 5.43 Å². The number of terminal acetylenes is 1. The molecule has 1 saturated heterocycles. The van der Waals surface area contributed by atoms with E-state index in [4.69, 9.17) is 6.42 Å². The third-order valence-corrected chi connectivity index (χ3v) is 6.26. The van der Waals surface area contributed by atoms with Crippen LogP contribution in [0.1, 0.15) is 40.3 Å². The summed E-state index contributed by atoms with van der Waals surface area (Å²) in [6, 6.07) is 3.37. The summed E-state index contributed by atoms with van der Waals surface area (Å²) in [6.45, 7) is 0.990. The Kier molecular flexibility index (Phi) is 6.20. The molecule has 1 N–H and O–H groups in total. The smallest absolute Gasteiger partial charge is 0.275 e. The van der Waals surface area contributed by atoms with Gasteiger partial charge in [0.1, 0.15) is 22.5 Å². The molecule has 170 valence electrons. The van der Waals surface area contributed by atoms with Crippen molar-refractivity contribution in [1.82, 2.24) is 19.7 Å². The molecule has 1 amide bonds. The summed E-state index contributed by atoms with van der Waals surface area (Å²) in [5, 5.41) is 18.4. The van der Waals surface area contributed by atoms with Gasteiger partial charge in [0.05, 0.1) is 5.56 Å². The minimum absolute atomic E-state index is 0.0363. The fourth-order valence-corrected chi connectivity index (χ4v) is 4.49. The van der Waals surface area contributed by atoms with Crippen molar-refractivity contribution < 1.29 is 23.1 Å². The SMILES string of the molecule is C#Cn1cc(-c2nnc(Cc3c(F)cc(F)cc3F)s2)c(=O)c(O)c1C(=O)N1CCCCC1. The summed E-state index contributed by atoms with van der Waals surface area (Å²) in [7, 11) is 0. The molecule has 2 aromatic heterocycles. The molecule has 1 fully saturated rings. The number of amides is 1. The largest absolute Gasteiger partial charge is 0.502 e. The van der Waals surface area contributed by atoms with E-state index < -0.39 is 40.1 Å². The van der Waals surface area contributed by atoms with Crippen LogP contribution in [0.15, 0.2) is 23.1 Å². The highest BCUT2D eigenvalue weighted by Crippen LogP contribution is 2.27. The first kappa shape index (κ1) is 22.5. The molecule has 0 aliphatic carbocycles. The van der Waals surface area contributed by atoms with E-state index in [1.807, 2.05) is 0 Å². The second kappa shape index (κ2) is 9.07. The van der Waals surface area contributed by atoms with Crippen LogP contribution in [-0.2, 0) is 6.42 Å². The molecule has 0 atom stereocenters. The summed E-state index contributed by atoms with van der Waals surface area (Å²) >= 11 is 0.849. The Hall–Kier alpha value is -3.65. The van der Waals surface area contributed by atoms with Crippen LogP contribution in [0.25, 0.3) is 10.6 Å². The van der Waals surface area contributed by atoms with Crippen LogP contribution in [0.2, 0.25) is 0 Å². The fraction of sp³-hybridized carbons (Fsp3) is 0.273. The van der Waals surface area contributed by atoms with E-state index in [0.29, 0.717) is 25.2 Å². The predicted octanol–water partition coefficient (Wildman–Crippen LogP) is 3.15. The highest BCUT2D eigenvalue weighted by atomic mass is 32.1. The number of nitrogens with zero attached hydrogens (tertiary/aromatic N) is 4. The van der Waals surface area contributed by atoms with Crippen LogP contribution >= 0.6 is 11.3 Å². The van der Waals surface area contributed by atoms with Gasteiger partial charge in [-0.05, 0) is 19.3 Å². The zero-order valence-electron chi connectivity index (χ0n) is 17.1. The number of hydrogen-bond donors (Lipinski definition) is 1. The maximum Gasteiger partial charge on any atom is 0.275 e. The van der Waals surface area contributed by atoms with Crippen molar-refractivity contribution in [3.05, 3.63) is 62.3 Å². The first-order valence-electron chi connectivity index (χ1n) is 10.0. The number of benzene rings is 1. The number of carbonyl (C=O) groups is 1. The number of likely N-dealkylation sites (tertiary alicyclic amines) is 1. The van der Waals surface area contributed by atoms with Crippen molar-refractivity contribution in [2.45, 2.75) is 25.7 Å². The molecule has 1 aliphatic heterocycles. The quantitative estimate of drug-likeness (QED) is 0.587. The Morgan fingerprint density at radius 3 is 2.45 bits per heavy atom. The Morgan fingerprint density at radius 2 is 1.82 bits per heavy atom. The second-order valence-electron chi connectivity index (χ2n) is 7.45. The summed E-state index contributed by atoms with van der Waals surface area (Å²) < 4.78 is 42.0. The van der Waals surface area contributed by atoms with Gasteiger partial charge in [-0.2, -0.15) is 0 Å². The number of aromatic nitrogens is 3. The average Bonchev–Trinajstić information content (AvgIpc) is 3.26. The van der Waals surface area contributed by atoms with E-state index in [2.05, 4.69) is 16.2 Å². The first-order valence-corrected chi connectivity index (χ1v) is 10.8. The maximum atomic E-state index is 13.9. The lowest BCUT2D eigenvalue weighted by molar-refractivity contribution is 0.0712. The third kappa shape index (κ3) is 4.34. The van der Waals surface area contributed by atoms with Gasteiger partial charge in [-0.25, -0.2) is 13.2 Å². The Balaban J connectivity index is 1.69. The molecule has 1 aliphatic rings. The molecule has 1 aromatic carbocycles. The average molecular weight is 474 g/mol.